The van der Waals surface area contributed by atoms with E-state index in [2.05, 4.69) is 24.8 Å². The maximum atomic E-state index is 11.5. The third-order valence-corrected chi connectivity index (χ3v) is 6.46. The number of aromatic hydroxyl groups is 1. The molecule has 0 aliphatic carbocycles. The molecule has 0 aromatic heterocycles. The third kappa shape index (κ3) is 6.33. The van der Waals surface area contributed by atoms with Crippen LogP contribution in [0.5, 0.6) is 5.75 Å². The van der Waals surface area contributed by atoms with Crippen LogP contribution in [-0.2, 0) is 23.4 Å². The van der Waals surface area contributed by atoms with Crippen molar-refractivity contribution >= 4 is 5.97 Å². The first-order valence-corrected chi connectivity index (χ1v) is 11.5. The summed E-state index contributed by atoms with van der Waals surface area (Å²) in [5.74, 6) is -0.807. The smallest absolute Gasteiger partial charge is 0.310 e. The summed E-state index contributed by atoms with van der Waals surface area (Å²) >= 11 is 0. The van der Waals surface area contributed by atoms with Crippen molar-refractivity contribution in [2.45, 2.75) is 65.5 Å². The number of hydrogen-bond acceptors (Lipinski definition) is 4. The Morgan fingerprint density at radius 2 is 1.75 bits per heavy atom. The van der Waals surface area contributed by atoms with Gasteiger partial charge < -0.3 is 20.2 Å². The molecule has 2 rings (SSSR count). The second-order valence-electron chi connectivity index (χ2n) is 9.61. The highest BCUT2D eigenvalue weighted by atomic mass is 16.4. The van der Waals surface area contributed by atoms with Gasteiger partial charge in [0.2, 0.25) is 0 Å². The number of phenolic OH excluding ortho intramolecular Hbond substituents is 1. The summed E-state index contributed by atoms with van der Waals surface area (Å²) in [6, 6.07) is 12.9. The summed E-state index contributed by atoms with van der Waals surface area (Å²) in [4.78, 5) is 13.7. The number of carboxylic acids is 1. The first kappa shape index (κ1) is 25.9. The van der Waals surface area contributed by atoms with Gasteiger partial charge in [-0.2, -0.15) is 0 Å². The van der Waals surface area contributed by atoms with E-state index in [-0.39, 0.29) is 11.7 Å². The molecule has 2 aromatic rings. The Morgan fingerprint density at radius 1 is 1.06 bits per heavy atom. The molecule has 5 heteroatoms. The van der Waals surface area contributed by atoms with Crippen molar-refractivity contribution in [2.24, 2.45) is 11.8 Å². The number of hydrogen-bond donors (Lipinski definition) is 3. The minimum atomic E-state index is -1.05. The average molecular weight is 442 g/mol. The molecule has 0 aliphatic heterocycles. The van der Waals surface area contributed by atoms with E-state index >= 15 is 0 Å². The fraction of sp³-hybridized carbons (Fsp3) is 0.519. The highest BCUT2D eigenvalue weighted by Gasteiger charge is 2.34. The van der Waals surface area contributed by atoms with Crippen LogP contribution in [-0.4, -0.2) is 39.8 Å². The van der Waals surface area contributed by atoms with Crippen molar-refractivity contribution in [1.29, 1.82) is 0 Å². The van der Waals surface area contributed by atoms with E-state index in [4.69, 9.17) is 0 Å². The van der Waals surface area contributed by atoms with Crippen LogP contribution >= 0.6 is 0 Å². The van der Waals surface area contributed by atoms with Gasteiger partial charge in [-0.15, -0.1) is 0 Å². The molecule has 3 atom stereocenters. The van der Waals surface area contributed by atoms with Gasteiger partial charge in [-0.3, -0.25) is 4.79 Å². The van der Waals surface area contributed by atoms with Gasteiger partial charge in [0.25, 0.3) is 0 Å². The predicted molar refractivity (Wildman–Crippen MR) is 129 cm³/mol. The molecule has 0 saturated carbocycles. The van der Waals surface area contributed by atoms with Gasteiger partial charge in [0.05, 0.1) is 11.5 Å². The standard InChI is InChI=1S/C27H39NO4/c1-7-27(32,24-9-8-10-25(29)15-24)19(4)16-28(6)17-23-14-21(20(5)26(30)31)11-12-22(23)13-18(2)3/h8-12,14-15,18-20,29,32H,7,13,16-17H2,1-6H3,(H,30,31)/t19-,20-,27-/m1/s1. The first-order chi connectivity index (χ1) is 15.0. The molecule has 176 valence electrons. The number of benzene rings is 2. The fourth-order valence-corrected chi connectivity index (χ4v) is 4.43. The average Bonchev–Trinajstić information content (AvgIpc) is 2.73. The molecular formula is C27H39NO4. The lowest BCUT2D eigenvalue weighted by atomic mass is 9.80. The van der Waals surface area contributed by atoms with Gasteiger partial charge >= 0.3 is 5.97 Å². The van der Waals surface area contributed by atoms with Crippen LogP contribution in [0.4, 0.5) is 0 Å². The minimum absolute atomic E-state index is 0.0750. The van der Waals surface area contributed by atoms with Crippen molar-refractivity contribution < 1.29 is 20.1 Å². The Labute approximate surface area is 192 Å². The van der Waals surface area contributed by atoms with E-state index in [1.165, 1.54) is 5.56 Å². The molecule has 0 unspecified atom stereocenters. The number of aliphatic carboxylic acids is 1. The minimum Gasteiger partial charge on any atom is -0.508 e. The van der Waals surface area contributed by atoms with E-state index in [1.807, 2.05) is 39.1 Å². The summed E-state index contributed by atoms with van der Waals surface area (Å²) in [5.41, 5.74) is 2.86. The largest absolute Gasteiger partial charge is 0.508 e. The van der Waals surface area contributed by atoms with Crippen LogP contribution in [0.3, 0.4) is 0 Å². The SMILES string of the molecule is CC[C@](O)(c1cccc(O)c1)[C@H](C)CN(C)Cc1cc([C@@H](C)C(=O)O)ccc1CC(C)C. The highest BCUT2D eigenvalue weighted by molar-refractivity contribution is 5.75. The molecule has 0 saturated heterocycles. The molecule has 5 nitrogen and oxygen atoms in total. The number of carbonyl (C=O) groups is 1. The predicted octanol–water partition coefficient (Wildman–Crippen LogP) is 5.14. The lowest BCUT2D eigenvalue weighted by Crippen LogP contribution is -2.39. The fourth-order valence-electron chi connectivity index (χ4n) is 4.43. The van der Waals surface area contributed by atoms with Crippen molar-refractivity contribution in [1.82, 2.24) is 4.90 Å². The summed E-state index contributed by atoms with van der Waals surface area (Å²) in [6.07, 6.45) is 1.47. The molecule has 2 aromatic carbocycles. The zero-order valence-corrected chi connectivity index (χ0v) is 20.3. The van der Waals surface area contributed by atoms with Gasteiger partial charge in [0.1, 0.15) is 5.75 Å². The topological polar surface area (TPSA) is 81.0 Å². The van der Waals surface area contributed by atoms with Crippen molar-refractivity contribution in [3.05, 3.63) is 64.7 Å². The zero-order chi connectivity index (χ0) is 24.1. The van der Waals surface area contributed by atoms with Gasteiger partial charge in [-0.25, -0.2) is 0 Å². The Hall–Kier alpha value is -2.37. The second kappa shape index (κ2) is 11.0. The lowest BCUT2D eigenvalue weighted by Gasteiger charge is -2.36. The lowest BCUT2D eigenvalue weighted by molar-refractivity contribution is -0.138. The molecule has 0 amide bonds. The molecule has 0 bridgehead atoms. The maximum absolute atomic E-state index is 11.5. The molecule has 3 N–H and O–H groups in total. The number of carboxylic acid groups (broad SMARTS) is 1. The van der Waals surface area contributed by atoms with Crippen LogP contribution < -0.4 is 0 Å². The summed E-state index contributed by atoms with van der Waals surface area (Å²) < 4.78 is 0. The van der Waals surface area contributed by atoms with E-state index < -0.39 is 17.5 Å². The van der Waals surface area contributed by atoms with E-state index in [9.17, 15) is 20.1 Å². The van der Waals surface area contributed by atoms with Gasteiger partial charge in [0.15, 0.2) is 0 Å². The quantitative estimate of drug-likeness (QED) is 0.450. The number of aliphatic hydroxyl groups is 1. The number of rotatable bonds is 11. The number of phenols is 1. The van der Waals surface area contributed by atoms with Crippen molar-refractivity contribution in [3.8, 4) is 5.75 Å². The summed E-state index contributed by atoms with van der Waals surface area (Å²) in [6.45, 7) is 11.4. The van der Waals surface area contributed by atoms with Crippen molar-refractivity contribution in [3.63, 3.8) is 0 Å². The molecular weight excluding hydrogens is 402 g/mol. The summed E-state index contributed by atoms with van der Waals surface area (Å²) in [7, 11) is 2.03. The molecule has 0 heterocycles. The first-order valence-electron chi connectivity index (χ1n) is 11.5. The van der Waals surface area contributed by atoms with Crippen LogP contribution in [0, 0.1) is 11.8 Å². The van der Waals surface area contributed by atoms with Gasteiger partial charge in [-0.1, -0.05) is 58.0 Å². The molecule has 32 heavy (non-hydrogen) atoms. The van der Waals surface area contributed by atoms with Crippen LogP contribution in [0.2, 0.25) is 0 Å². The second-order valence-corrected chi connectivity index (χ2v) is 9.61. The molecule has 0 aliphatic rings. The number of nitrogens with zero attached hydrogens (tertiary/aromatic N) is 1. The van der Waals surface area contributed by atoms with Crippen molar-refractivity contribution in [2.75, 3.05) is 13.6 Å². The van der Waals surface area contributed by atoms with Crippen LogP contribution in [0.15, 0.2) is 42.5 Å². The van der Waals surface area contributed by atoms with E-state index in [0.717, 1.165) is 23.1 Å². The van der Waals surface area contributed by atoms with Gasteiger partial charge in [0, 0.05) is 19.0 Å². The Morgan fingerprint density at radius 3 is 2.31 bits per heavy atom. The third-order valence-electron chi connectivity index (χ3n) is 6.46. The van der Waals surface area contributed by atoms with E-state index in [1.54, 1.807) is 25.1 Å². The highest BCUT2D eigenvalue weighted by Crippen LogP contribution is 2.35. The Balaban J connectivity index is 2.25. The van der Waals surface area contributed by atoms with Crippen LogP contribution in [0.1, 0.15) is 69.2 Å². The van der Waals surface area contributed by atoms with Gasteiger partial charge in [-0.05, 0) is 67.1 Å². The maximum Gasteiger partial charge on any atom is 0.310 e. The molecule has 0 radical (unpaired) electrons. The Bertz CT molecular complexity index is 910. The zero-order valence-electron chi connectivity index (χ0n) is 20.3. The molecule has 0 spiro atoms. The van der Waals surface area contributed by atoms with Crippen LogP contribution in [0.25, 0.3) is 0 Å². The summed E-state index contributed by atoms with van der Waals surface area (Å²) in [5, 5.41) is 30.8. The monoisotopic (exact) mass is 441 g/mol. The van der Waals surface area contributed by atoms with E-state index in [0.29, 0.717) is 25.4 Å². The normalized spacial score (nSPS) is 15.5. The Kier molecular flexibility index (Phi) is 8.88. The molecule has 0 fully saturated rings.